The Morgan fingerprint density at radius 1 is 0.794 bits per heavy atom. The lowest BCUT2D eigenvalue weighted by Crippen LogP contribution is -2.60. The number of nitrogens with two attached hydrogens (primary N) is 5. The molecule has 2 rings (SSSR count). The molecule has 0 aromatic rings. The molecule has 0 aromatic carbocycles. The highest BCUT2D eigenvalue weighted by atomic mass is 33.1. The van der Waals surface area contributed by atoms with Gasteiger partial charge in [-0.1, -0.05) is 35.4 Å². The number of hydrogen-bond donors (Lipinski definition) is 12. The van der Waals surface area contributed by atoms with Gasteiger partial charge in [-0.05, 0) is 56.5 Å². The number of nitrogens with one attached hydrogen (secondary N) is 7. The largest absolute Gasteiger partial charge is 0.370 e. The molecule has 27 heteroatoms. The summed E-state index contributed by atoms with van der Waals surface area (Å²) in [7, 11) is 2.16. The van der Waals surface area contributed by atoms with Gasteiger partial charge in [0, 0.05) is 31.5 Å². The average molecular weight is 946 g/mol. The van der Waals surface area contributed by atoms with Gasteiger partial charge >= 0.3 is 0 Å². The van der Waals surface area contributed by atoms with Crippen LogP contribution in [0.25, 0.3) is 0 Å². The minimum absolute atomic E-state index is 0.00842. The van der Waals surface area contributed by atoms with Crippen molar-refractivity contribution in [2.24, 2.45) is 44.6 Å². The molecule has 0 spiro atoms. The van der Waals surface area contributed by atoms with Gasteiger partial charge in [-0.15, -0.1) is 0 Å². The van der Waals surface area contributed by atoms with Gasteiger partial charge in [0.15, 0.2) is 11.9 Å². The number of aliphatic imine (C=N–C) groups is 2. The smallest absolute Gasteiger partial charge is 0.245 e. The van der Waals surface area contributed by atoms with Crippen LogP contribution < -0.4 is 65.9 Å². The lowest BCUT2D eigenvalue weighted by Gasteiger charge is -2.31. The molecule has 9 amide bonds. The first kappa shape index (κ1) is 54.0. The van der Waals surface area contributed by atoms with Gasteiger partial charge in [-0.3, -0.25) is 53.1 Å². The normalized spacial score (nSPS) is 25.3. The summed E-state index contributed by atoms with van der Waals surface area (Å²) in [5.41, 5.74) is 27.6. The van der Waals surface area contributed by atoms with Gasteiger partial charge in [0.1, 0.15) is 42.3 Å². The predicted molar refractivity (Wildman–Crippen MR) is 242 cm³/mol. The Morgan fingerprint density at radius 2 is 1.41 bits per heavy atom. The lowest BCUT2D eigenvalue weighted by molar-refractivity contribution is -0.142. The van der Waals surface area contributed by atoms with Crippen molar-refractivity contribution in [2.75, 3.05) is 49.7 Å². The minimum atomic E-state index is -1.44. The third kappa shape index (κ3) is 19.8. The Morgan fingerprint density at radius 3 is 2.03 bits per heavy atom. The lowest BCUT2D eigenvalue weighted by atomic mass is 10.0. The molecule has 2 heterocycles. The molecule has 0 aliphatic carbocycles. The number of thioether (sulfide) groups is 1. The molecule has 0 aromatic heterocycles. The molecule has 24 nitrogen and oxygen atoms in total. The second-order valence-electron chi connectivity index (χ2n) is 15.1. The van der Waals surface area contributed by atoms with E-state index in [1.54, 1.807) is 13.8 Å². The highest BCUT2D eigenvalue weighted by Gasteiger charge is 2.40. The van der Waals surface area contributed by atoms with Gasteiger partial charge in [0.2, 0.25) is 53.2 Å². The Bertz CT molecular complexity index is 1700. The van der Waals surface area contributed by atoms with E-state index in [1.165, 1.54) is 23.6 Å². The number of guanidine groups is 2. The van der Waals surface area contributed by atoms with Crippen molar-refractivity contribution in [3.8, 4) is 0 Å². The third-order valence-corrected chi connectivity index (χ3v) is 12.5. The van der Waals surface area contributed by atoms with E-state index < -0.39 is 115 Å². The summed E-state index contributed by atoms with van der Waals surface area (Å²) in [5, 5.41) is 18.1. The van der Waals surface area contributed by atoms with E-state index in [0.717, 1.165) is 21.6 Å². The van der Waals surface area contributed by atoms with Gasteiger partial charge in [0.05, 0.1) is 13.1 Å². The van der Waals surface area contributed by atoms with E-state index in [4.69, 9.17) is 28.7 Å². The molecule has 63 heavy (non-hydrogen) atoms. The molecule has 0 unspecified atom stereocenters. The van der Waals surface area contributed by atoms with E-state index in [1.807, 2.05) is 6.26 Å². The van der Waals surface area contributed by atoms with Crippen LogP contribution in [-0.2, 0) is 43.2 Å². The maximum absolute atomic E-state index is 14.2. The first-order chi connectivity index (χ1) is 29.7. The number of hydrogen-bond acceptors (Lipinski definition) is 14. The summed E-state index contributed by atoms with van der Waals surface area (Å²) in [6.07, 6.45) is 2.91. The molecule has 17 N–H and O–H groups in total. The van der Waals surface area contributed by atoms with Crippen molar-refractivity contribution in [1.82, 2.24) is 42.1 Å². The van der Waals surface area contributed by atoms with Crippen LogP contribution in [0.4, 0.5) is 0 Å². The van der Waals surface area contributed by atoms with E-state index in [-0.39, 0.29) is 68.6 Å². The standard InChI is InChI=1S/C36H63N15O9S3/c1-18(2)13-22-30(56)47-20(7-5-10-42-35(38)39)29(55)43-15-27(53)46-24(28(37)54)16-62-63-17-25(45-19(3)52)32(58)48-21(9-12-61-4)34(60)51-11-6-8-26(51)33(59)50-23(31(57)49-22)14-44-36(40)41/h18,20-26H,5-17H2,1-4H3,(H2,37,54)(H,43,55)(H,45,52)(H,46,53)(H,47,56)(H,48,58)(H,49,57)(H,50,59)(H4,38,39,42)(H4,40,41,44)/t20-,21-,22-,23-,24-,25+,26-/m0/s1. The maximum Gasteiger partial charge on any atom is 0.245 e. The second kappa shape index (κ2) is 27.8. The number of rotatable bonds is 13. The van der Waals surface area contributed by atoms with E-state index in [0.29, 0.717) is 12.2 Å². The molecule has 2 aliphatic heterocycles. The van der Waals surface area contributed by atoms with Crippen LogP contribution in [0.5, 0.6) is 0 Å². The topological polar surface area (TPSA) is 396 Å². The fourth-order valence-electron chi connectivity index (χ4n) is 6.34. The molecule has 354 valence electrons. The monoisotopic (exact) mass is 945 g/mol. The SMILES string of the molecule is CSCC[C@@H]1NC(=O)[C@H](NC(C)=O)CSSC[C@@H](C(N)=O)NC(=O)CNC(=O)[C@H](CCCN=C(N)N)NC(=O)[C@H](CC(C)C)NC(=O)[C@H](CN=C(N)N)NC(=O)[C@@H]2CCCN2C1=O. The summed E-state index contributed by atoms with van der Waals surface area (Å²) in [4.78, 5) is 130. The van der Waals surface area contributed by atoms with Crippen LogP contribution in [0.15, 0.2) is 9.98 Å². The number of primary amides is 1. The van der Waals surface area contributed by atoms with Crippen molar-refractivity contribution >= 4 is 98.4 Å². The Hall–Kier alpha value is -5.18. The van der Waals surface area contributed by atoms with Crippen LogP contribution in [0.3, 0.4) is 0 Å². The molecule has 2 fully saturated rings. The summed E-state index contributed by atoms with van der Waals surface area (Å²) in [5.74, 6) is -6.99. The van der Waals surface area contributed by atoms with E-state index in [9.17, 15) is 43.2 Å². The van der Waals surface area contributed by atoms with Crippen molar-refractivity contribution in [2.45, 2.75) is 102 Å². The molecule has 0 radical (unpaired) electrons. The summed E-state index contributed by atoms with van der Waals surface area (Å²) in [6.45, 7) is 3.98. The fourth-order valence-corrected chi connectivity index (χ4v) is 9.15. The van der Waals surface area contributed by atoms with Crippen molar-refractivity contribution in [1.29, 1.82) is 0 Å². The van der Waals surface area contributed by atoms with E-state index in [2.05, 4.69) is 47.2 Å². The Labute approximate surface area is 378 Å². The maximum atomic E-state index is 14.2. The first-order valence-electron chi connectivity index (χ1n) is 20.2. The van der Waals surface area contributed by atoms with Gasteiger partial charge < -0.3 is 70.8 Å². The Kier molecular flexibility index (Phi) is 23.8. The second-order valence-corrected chi connectivity index (χ2v) is 18.7. The van der Waals surface area contributed by atoms with E-state index >= 15 is 0 Å². The molecular formula is C36H63N15O9S3. The van der Waals surface area contributed by atoms with Gasteiger partial charge in [-0.2, -0.15) is 11.8 Å². The highest BCUT2D eigenvalue weighted by molar-refractivity contribution is 8.76. The zero-order valence-electron chi connectivity index (χ0n) is 35.9. The molecule has 2 aliphatic rings. The molecule has 7 atom stereocenters. The zero-order chi connectivity index (χ0) is 47.2. The predicted octanol–water partition coefficient (Wildman–Crippen LogP) is -4.97. The summed E-state index contributed by atoms with van der Waals surface area (Å²) >= 11 is 1.43. The van der Waals surface area contributed by atoms with Crippen LogP contribution in [-0.4, -0.2) is 162 Å². The molecule has 2 saturated heterocycles. The number of carbonyl (C=O) groups excluding carboxylic acids is 9. The summed E-state index contributed by atoms with van der Waals surface area (Å²) < 4.78 is 0. The molecule has 0 bridgehead atoms. The van der Waals surface area contributed by atoms with Crippen molar-refractivity contribution < 1.29 is 43.2 Å². The minimum Gasteiger partial charge on any atom is -0.370 e. The van der Waals surface area contributed by atoms with Crippen LogP contribution in [0, 0.1) is 5.92 Å². The fraction of sp³-hybridized carbons (Fsp3) is 0.694. The molecule has 0 saturated carbocycles. The summed E-state index contributed by atoms with van der Waals surface area (Å²) in [6, 6.07) is -8.50. The van der Waals surface area contributed by atoms with Crippen LogP contribution in [0.2, 0.25) is 0 Å². The quantitative estimate of drug-likeness (QED) is 0.0356. The highest BCUT2D eigenvalue weighted by Crippen LogP contribution is 2.24. The number of nitrogens with zero attached hydrogens (tertiary/aromatic N) is 3. The number of carbonyl (C=O) groups is 9. The van der Waals surface area contributed by atoms with Crippen LogP contribution in [0.1, 0.15) is 59.3 Å². The van der Waals surface area contributed by atoms with Crippen molar-refractivity contribution in [3.63, 3.8) is 0 Å². The van der Waals surface area contributed by atoms with Crippen LogP contribution >= 0.6 is 33.3 Å². The average Bonchev–Trinajstić information content (AvgIpc) is 3.70. The number of amides is 9. The zero-order valence-corrected chi connectivity index (χ0v) is 38.4. The number of fused-ring (bicyclic) bond motifs is 1. The molecular weight excluding hydrogens is 883 g/mol. The van der Waals surface area contributed by atoms with Gasteiger partial charge in [0.25, 0.3) is 0 Å². The van der Waals surface area contributed by atoms with Crippen molar-refractivity contribution in [3.05, 3.63) is 0 Å². The first-order valence-corrected chi connectivity index (χ1v) is 24.1. The Balaban J connectivity index is 2.60. The third-order valence-electron chi connectivity index (χ3n) is 9.42. The van der Waals surface area contributed by atoms with Gasteiger partial charge in [-0.25, -0.2) is 0 Å².